The number of rotatable bonds is 1. The van der Waals surface area contributed by atoms with E-state index in [2.05, 4.69) is 18.2 Å². The fourth-order valence-corrected chi connectivity index (χ4v) is 2.49. The molecule has 1 aromatic heterocycles. The van der Waals surface area contributed by atoms with Crippen molar-refractivity contribution in [2.24, 2.45) is 0 Å². The molecular weight excluding hydrogens is 244 g/mol. The Morgan fingerprint density at radius 3 is 1.95 bits per heavy atom. The van der Waals surface area contributed by atoms with Gasteiger partial charge in [0.15, 0.2) is 0 Å². The zero-order valence-electron chi connectivity index (χ0n) is 10.8. The minimum absolute atomic E-state index is 0.934. The molecule has 0 atom stereocenters. The molecule has 94 valence electrons. The molecule has 1 heterocycles. The second-order valence-electron chi connectivity index (χ2n) is 4.75. The molecule has 0 N–H and O–H groups in total. The molecule has 0 aliphatic carbocycles. The first kappa shape index (κ1) is 11.1. The average molecular weight is 256 g/mol. The van der Waals surface area contributed by atoms with E-state index in [-0.39, 0.29) is 0 Å². The second-order valence-corrected chi connectivity index (χ2v) is 4.75. The SMILES string of the molecule is c1ccc(-c2cccc3nc4ccccc4nc23)cc1. The molecule has 0 aliphatic rings. The summed E-state index contributed by atoms with van der Waals surface area (Å²) in [5.74, 6) is 0. The van der Waals surface area contributed by atoms with E-state index in [1.807, 2.05) is 54.6 Å². The topological polar surface area (TPSA) is 25.8 Å². The third kappa shape index (κ3) is 1.74. The maximum absolute atomic E-state index is 4.79. The Kier molecular flexibility index (Phi) is 2.46. The highest BCUT2D eigenvalue weighted by atomic mass is 14.8. The van der Waals surface area contributed by atoms with Crippen LogP contribution in [-0.2, 0) is 0 Å². The van der Waals surface area contributed by atoms with Crippen molar-refractivity contribution in [2.75, 3.05) is 0 Å². The molecule has 0 amide bonds. The minimum atomic E-state index is 0.934. The first-order valence-corrected chi connectivity index (χ1v) is 6.63. The summed E-state index contributed by atoms with van der Waals surface area (Å²) in [5.41, 5.74) is 6.06. The number of para-hydroxylation sites is 3. The summed E-state index contributed by atoms with van der Waals surface area (Å²) >= 11 is 0. The van der Waals surface area contributed by atoms with E-state index in [4.69, 9.17) is 9.97 Å². The zero-order valence-corrected chi connectivity index (χ0v) is 10.8. The average Bonchev–Trinajstić information content (AvgIpc) is 2.53. The van der Waals surface area contributed by atoms with Crippen molar-refractivity contribution in [3.63, 3.8) is 0 Å². The van der Waals surface area contributed by atoms with Crippen molar-refractivity contribution in [2.45, 2.75) is 0 Å². The molecular formula is C18H12N2. The van der Waals surface area contributed by atoms with Gasteiger partial charge in [-0.2, -0.15) is 0 Å². The van der Waals surface area contributed by atoms with Crippen LogP contribution in [0.3, 0.4) is 0 Å². The highest BCUT2D eigenvalue weighted by molar-refractivity contribution is 5.95. The summed E-state index contributed by atoms with van der Waals surface area (Å²) in [7, 11) is 0. The standard InChI is InChI=1S/C18H12N2/c1-2-7-13(8-3-1)14-9-6-12-17-18(14)20-16-11-5-4-10-15(16)19-17/h1-12H. The lowest BCUT2D eigenvalue weighted by Crippen LogP contribution is -1.89. The number of benzene rings is 3. The number of fused-ring (bicyclic) bond motifs is 2. The van der Waals surface area contributed by atoms with Crippen LogP contribution in [0, 0.1) is 0 Å². The maximum atomic E-state index is 4.79. The van der Waals surface area contributed by atoms with Crippen LogP contribution < -0.4 is 0 Å². The Balaban J connectivity index is 2.09. The van der Waals surface area contributed by atoms with Crippen molar-refractivity contribution in [1.82, 2.24) is 9.97 Å². The molecule has 0 saturated carbocycles. The highest BCUT2D eigenvalue weighted by Gasteiger charge is 2.07. The number of nitrogens with zero attached hydrogens (tertiary/aromatic N) is 2. The van der Waals surface area contributed by atoms with E-state index in [9.17, 15) is 0 Å². The lowest BCUT2D eigenvalue weighted by atomic mass is 10.0. The predicted octanol–water partition coefficient (Wildman–Crippen LogP) is 4.45. The van der Waals surface area contributed by atoms with Gasteiger partial charge >= 0.3 is 0 Å². The quantitative estimate of drug-likeness (QED) is 0.470. The van der Waals surface area contributed by atoms with Gasteiger partial charge in [-0.15, -0.1) is 0 Å². The van der Waals surface area contributed by atoms with Gasteiger partial charge < -0.3 is 0 Å². The van der Waals surface area contributed by atoms with Crippen LogP contribution in [0.2, 0.25) is 0 Å². The summed E-state index contributed by atoms with van der Waals surface area (Å²) in [5, 5.41) is 0. The van der Waals surface area contributed by atoms with Crippen LogP contribution in [0.15, 0.2) is 72.8 Å². The minimum Gasteiger partial charge on any atom is -0.244 e. The van der Waals surface area contributed by atoms with E-state index >= 15 is 0 Å². The van der Waals surface area contributed by atoms with Gasteiger partial charge in [-0.25, -0.2) is 9.97 Å². The molecule has 2 nitrogen and oxygen atoms in total. The summed E-state index contributed by atoms with van der Waals surface area (Å²) < 4.78 is 0. The van der Waals surface area contributed by atoms with Crippen molar-refractivity contribution in [1.29, 1.82) is 0 Å². The Labute approximate surface area is 116 Å². The third-order valence-electron chi connectivity index (χ3n) is 3.45. The molecule has 0 aliphatic heterocycles. The van der Waals surface area contributed by atoms with Gasteiger partial charge in [-0.1, -0.05) is 54.6 Å². The van der Waals surface area contributed by atoms with Gasteiger partial charge in [0, 0.05) is 5.56 Å². The van der Waals surface area contributed by atoms with Gasteiger partial charge in [0.05, 0.1) is 22.1 Å². The van der Waals surface area contributed by atoms with Crippen molar-refractivity contribution in [3.8, 4) is 11.1 Å². The van der Waals surface area contributed by atoms with Crippen LogP contribution in [0.5, 0.6) is 0 Å². The van der Waals surface area contributed by atoms with Crippen LogP contribution in [0.25, 0.3) is 33.2 Å². The highest BCUT2D eigenvalue weighted by Crippen LogP contribution is 2.27. The molecule has 0 radical (unpaired) electrons. The zero-order chi connectivity index (χ0) is 13.4. The van der Waals surface area contributed by atoms with Gasteiger partial charge in [0.1, 0.15) is 0 Å². The Hall–Kier alpha value is -2.74. The predicted molar refractivity (Wildman–Crippen MR) is 82.5 cm³/mol. The summed E-state index contributed by atoms with van der Waals surface area (Å²) in [6.07, 6.45) is 0. The number of hydrogen-bond acceptors (Lipinski definition) is 2. The second kappa shape index (κ2) is 4.42. The molecule has 0 bridgehead atoms. The monoisotopic (exact) mass is 256 g/mol. The van der Waals surface area contributed by atoms with E-state index in [0.29, 0.717) is 0 Å². The van der Waals surface area contributed by atoms with Gasteiger partial charge in [-0.3, -0.25) is 0 Å². The molecule has 3 aromatic carbocycles. The molecule has 0 fully saturated rings. The van der Waals surface area contributed by atoms with Crippen LogP contribution in [0.4, 0.5) is 0 Å². The van der Waals surface area contributed by atoms with Crippen molar-refractivity contribution in [3.05, 3.63) is 72.8 Å². The number of hydrogen-bond donors (Lipinski definition) is 0. The maximum Gasteiger partial charge on any atom is 0.0972 e. The fourth-order valence-electron chi connectivity index (χ4n) is 2.49. The van der Waals surface area contributed by atoms with E-state index < -0.39 is 0 Å². The molecule has 20 heavy (non-hydrogen) atoms. The van der Waals surface area contributed by atoms with Gasteiger partial charge in [-0.05, 0) is 23.8 Å². The largest absolute Gasteiger partial charge is 0.244 e. The lowest BCUT2D eigenvalue weighted by molar-refractivity contribution is 1.39. The molecule has 0 spiro atoms. The van der Waals surface area contributed by atoms with Crippen molar-refractivity contribution < 1.29 is 0 Å². The Morgan fingerprint density at radius 2 is 1.15 bits per heavy atom. The summed E-state index contributed by atoms with van der Waals surface area (Å²) in [4.78, 5) is 9.49. The van der Waals surface area contributed by atoms with E-state index in [1.165, 1.54) is 5.56 Å². The van der Waals surface area contributed by atoms with Crippen LogP contribution >= 0.6 is 0 Å². The van der Waals surface area contributed by atoms with Crippen LogP contribution in [0.1, 0.15) is 0 Å². The lowest BCUT2D eigenvalue weighted by Gasteiger charge is -2.07. The Morgan fingerprint density at radius 1 is 0.500 bits per heavy atom. The van der Waals surface area contributed by atoms with Gasteiger partial charge in [0.2, 0.25) is 0 Å². The molecule has 4 rings (SSSR count). The first-order chi connectivity index (χ1) is 9.92. The molecule has 4 aromatic rings. The summed E-state index contributed by atoms with van der Waals surface area (Å²) in [6, 6.07) is 24.5. The molecule has 0 saturated heterocycles. The molecule has 2 heteroatoms. The van der Waals surface area contributed by atoms with E-state index in [1.54, 1.807) is 0 Å². The van der Waals surface area contributed by atoms with Gasteiger partial charge in [0.25, 0.3) is 0 Å². The van der Waals surface area contributed by atoms with Crippen LogP contribution in [-0.4, -0.2) is 9.97 Å². The molecule has 0 unspecified atom stereocenters. The fraction of sp³-hybridized carbons (Fsp3) is 0. The third-order valence-corrected chi connectivity index (χ3v) is 3.45. The smallest absolute Gasteiger partial charge is 0.0972 e. The van der Waals surface area contributed by atoms with E-state index in [0.717, 1.165) is 27.6 Å². The van der Waals surface area contributed by atoms with Crippen molar-refractivity contribution >= 4 is 22.1 Å². The normalized spacial score (nSPS) is 11.0. The number of aromatic nitrogens is 2. The summed E-state index contributed by atoms with van der Waals surface area (Å²) in [6.45, 7) is 0. The first-order valence-electron chi connectivity index (χ1n) is 6.63. The Bertz CT molecular complexity index is 899.